The highest BCUT2D eigenvalue weighted by atomic mass is 16.1. The molecular formula is C19H21N3O. The molecule has 0 aliphatic carbocycles. The van der Waals surface area contributed by atoms with E-state index in [1.807, 2.05) is 26.0 Å². The van der Waals surface area contributed by atoms with Crippen LogP contribution in [-0.2, 0) is 0 Å². The molecule has 0 bridgehead atoms. The third-order valence-corrected chi connectivity index (χ3v) is 3.52. The Balaban J connectivity index is 0.000000925. The summed E-state index contributed by atoms with van der Waals surface area (Å²) >= 11 is 0. The van der Waals surface area contributed by atoms with Crippen LogP contribution in [0.3, 0.4) is 0 Å². The maximum atomic E-state index is 11.6. The van der Waals surface area contributed by atoms with Gasteiger partial charge in [-0.15, -0.1) is 6.42 Å². The minimum Gasteiger partial charge on any atom is -0.277 e. The predicted molar refractivity (Wildman–Crippen MR) is 94.5 cm³/mol. The summed E-state index contributed by atoms with van der Waals surface area (Å²) in [7, 11) is 0. The molecule has 0 amide bonds. The summed E-state index contributed by atoms with van der Waals surface area (Å²) in [5, 5.41) is 4.27. The molecule has 118 valence electrons. The molecule has 0 unspecified atom stereocenters. The number of Topliss-reactive ketones (excluding diaryl/α,β-unsaturated/α-hetero) is 1. The van der Waals surface area contributed by atoms with E-state index in [0.717, 1.165) is 11.3 Å². The standard InChI is InChI=1S/C17H13N3O.C2H6.H2/c1-4-16(21)14-10-17-18-8-7-15(20(17)19-14)13-6-5-11(2)12(3)9-13;1-2;/h1,5-10H,2-3H3;1-2H3;1H. The van der Waals surface area contributed by atoms with Crippen molar-refractivity contribution in [1.29, 1.82) is 0 Å². The van der Waals surface area contributed by atoms with Gasteiger partial charge in [-0.2, -0.15) is 5.10 Å². The fourth-order valence-corrected chi connectivity index (χ4v) is 2.20. The van der Waals surface area contributed by atoms with Gasteiger partial charge in [0.1, 0.15) is 5.69 Å². The molecule has 1 aromatic carbocycles. The van der Waals surface area contributed by atoms with Crippen LogP contribution in [0, 0.1) is 26.2 Å². The quantitative estimate of drug-likeness (QED) is 0.407. The number of fused-ring (bicyclic) bond motifs is 1. The van der Waals surface area contributed by atoms with Crippen molar-refractivity contribution < 1.29 is 6.22 Å². The largest absolute Gasteiger partial charge is 0.277 e. The van der Waals surface area contributed by atoms with Crippen LogP contribution in [0.4, 0.5) is 0 Å². The maximum Gasteiger partial charge on any atom is 0.255 e. The first kappa shape index (κ1) is 16.4. The fraction of sp³-hybridized carbons (Fsp3) is 0.211. The second kappa shape index (κ2) is 6.89. The second-order valence-electron chi connectivity index (χ2n) is 4.90. The number of rotatable bonds is 2. The topological polar surface area (TPSA) is 47.3 Å². The van der Waals surface area contributed by atoms with E-state index in [4.69, 9.17) is 6.42 Å². The van der Waals surface area contributed by atoms with Gasteiger partial charge in [0.05, 0.1) is 5.69 Å². The molecule has 0 aliphatic heterocycles. The molecule has 4 heteroatoms. The predicted octanol–water partition coefficient (Wildman–Crippen LogP) is 4.10. The van der Waals surface area contributed by atoms with E-state index in [1.165, 1.54) is 11.1 Å². The number of carbonyl (C=O) groups is 1. The van der Waals surface area contributed by atoms with Gasteiger partial charge in [0.25, 0.3) is 5.78 Å². The zero-order valence-corrected chi connectivity index (χ0v) is 13.8. The van der Waals surface area contributed by atoms with Crippen LogP contribution in [0.15, 0.2) is 36.5 Å². The Bertz CT molecular complexity index is 907. The van der Waals surface area contributed by atoms with Crippen molar-refractivity contribution >= 4 is 11.4 Å². The monoisotopic (exact) mass is 307 g/mol. The lowest BCUT2D eigenvalue weighted by atomic mass is 10.0. The number of nitrogens with zero attached hydrogens (tertiary/aromatic N) is 3. The molecule has 0 N–H and O–H groups in total. The summed E-state index contributed by atoms with van der Waals surface area (Å²) < 4.78 is 1.65. The molecular weight excluding hydrogens is 286 g/mol. The minimum absolute atomic E-state index is 0. The van der Waals surface area contributed by atoms with E-state index in [-0.39, 0.29) is 7.12 Å². The molecule has 0 saturated heterocycles. The molecule has 0 saturated carbocycles. The van der Waals surface area contributed by atoms with Crippen LogP contribution in [0.2, 0.25) is 0 Å². The summed E-state index contributed by atoms with van der Waals surface area (Å²) in [6.07, 6.45) is 6.84. The molecule has 3 rings (SSSR count). The lowest BCUT2D eigenvalue weighted by molar-refractivity contribution is 0.105. The average molecular weight is 307 g/mol. The van der Waals surface area contributed by atoms with Crippen LogP contribution in [0.1, 0.15) is 36.9 Å². The number of terminal acetylenes is 1. The van der Waals surface area contributed by atoms with Crippen molar-refractivity contribution in [2.75, 3.05) is 0 Å². The Kier molecular flexibility index (Phi) is 4.92. The smallest absolute Gasteiger partial charge is 0.255 e. The number of carbonyl (C=O) groups excluding carboxylic acids is 1. The molecule has 23 heavy (non-hydrogen) atoms. The Labute approximate surface area is 137 Å². The van der Waals surface area contributed by atoms with Gasteiger partial charge >= 0.3 is 0 Å². The summed E-state index contributed by atoms with van der Waals surface area (Å²) in [6.45, 7) is 8.13. The molecule has 0 fully saturated rings. The van der Waals surface area contributed by atoms with Gasteiger partial charge in [0.2, 0.25) is 0 Å². The number of hydrogen-bond donors (Lipinski definition) is 0. The van der Waals surface area contributed by atoms with E-state index in [2.05, 4.69) is 42.0 Å². The molecule has 0 radical (unpaired) electrons. The van der Waals surface area contributed by atoms with Gasteiger partial charge < -0.3 is 0 Å². The molecule has 4 nitrogen and oxygen atoms in total. The van der Waals surface area contributed by atoms with E-state index < -0.39 is 5.78 Å². The van der Waals surface area contributed by atoms with E-state index in [9.17, 15) is 4.79 Å². The van der Waals surface area contributed by atoms with Gasteiger partial charge in [0.15, 0.2) is 5.65 Å². The van der Waals surface area contributed by atoms with E-state index >= 15 is 0 Å². The highest BCUT2D eigenvalue weighted by Crippen LogP contribution is 2.22. The van der Waals surface area contributed by atoms with E-state index in [0.29, 0.717) is 5.65 Å². The number of ketones is 1. The van der Waals surface area contributed by atoms with Crippen molar-refractivity contribution in [1.82, 2.24) is 14.6 Å². The van der Waals surface area contributed by atoms with Crippen LogP contribution >= 0.6 is 0 Å². The normalized spacial score (nSPS) is 9.87. The highest BCUT2D eigenvalue weighted by molar-refractivity contribution is 6.07. The Hall–Kier alpha value is -2.93. The van der Waals surface area contributed by atoms with Crippen molar-refractivity contribution in [3.63, 3.8) is 0 Å². The van der Waals surface area contributed by atoms with Gasteiger partial charge in [-0.05, 0) is 43.0 Å². The first-order chi connectivity index (χ1) is 11.1. The molecule has 0 spiro atoms. The van der Waals surface area contributed by atoms with Gasteiger partial charge in [-0.25, -0.2) is 9.50 Å². The summed E-state index contributed by atoms with van der Waals surface area (Å²) in [4.78, 5) is 15.8. The number of aromatic nitrogens is 3. The van der Waals surface area contributed by atoms with Crippen molar-refractivity contribution in [3.8, 4) is 23.6 Å². The highest BCUT2D eigenvalue weighted by Gasteiger charge is 2.12. The Morgan fingerprint density at radius 2 is 1.91 bits per heavy atom. The van der Waals surface area contributed by atoms with Crippen LogP contribution in [0.5, 0.6) is 0 Å². The van der Waals surface area contributed by atoms with Gasteiger partial charge in [-0.3, -0.25) is 4.79 Å². The second-order valence-corrected chi connectivity index (χ2v) is 4.90. The fourth-order valence-electron chi connectivity index (χ4n) is 2.20. The average Bonchev–Trinajstić information content (AvgIpc) is 3.02. The third-order valence-electron chi connectivity index (χ3n) is 3.52. The van der Waals surface area contributed by atoms with Gasteiger partial charge in [0, 0.05) is 19.3 Å². The first-order valence-electron chi connectivity index (χ1n) is 7.53. The molecule has 2 aromatic heterocycles. The van der Waals surface area contributed by atoms with Crippen molar-refractivity contribution in [2.45, 2.75) is 27.7 Å². The zero-order valence-electron chi connectivity index (χ0n) is 13.8. The van der Waals surface area contributed by atoms with Crippen molar-refractivity contribution in [3.05, 3.63) is 53.3 Å². The molecule has 2 heterocycles. The molecule has 0 atom stereocenters. The zero-order chi connectivity index (χ0) is 17.0. The number of benzene rings is 1. The number of aryl methyl sites for hydroxylation is 2. The van der Waals surface area contributed by atoms with Crippen molar-refractivity contribution in [2.24, 2.45) is 0 Å². The summed E-state index contributed by atoms with van der Waals surface area (Å²) in [6, 6.07) is 9.66. The van der Waals surface area contributed by atoms with Crippen LogP contribution < -0.4 is 0 Å². The van der Waals surface area contributed by atoms with Gasteiger partial charge in [-0.1, -0.05) is 26.0 Å². The third kappa shape index (κ3) is 3.14. The SMILES string of the molecule is C#CC(=O)c1cc2nccc(-c3ccc(C)c(C)c3)n2n1.CC.[HH]. The number of hydrogen-bond acceptors (Lipinski definition) is 3. The minimum atomic E-state index is -0.438. The molecule has 0 aliphatic rings. The molecule has 3 aromatic rings. The lowest BCUT2D eigenvalue weighted by Crippen LogP contribution is -1.99. The maximum absolute atomic E-state index is 11.6. The Morgan fingerprint density at radius 1 is 1.17 bits per heavy atom. The van der Waals surface area contributed by atoms with Crippen LogP contribution in [0.25, 0.3) is 16.9 Å². The summed E-state index contributed by atoms with van der Waals surface area (Å²) in [5.41, 5.74) is 5.16. The first-order valence-corrected chi connectivity index (χ1v) is 7.53. The van der Waals surface area contributed by atoms with E-state index in [1.54, 1.807) is 16.8 Å². The lowest BCUT2D eigenvalue weighted by Gasteiger charge is -2.07. The summed E-state index contributed by atoms with van der Waals surface area (Å²) in [5.74, 6) is 1.64. The van der Waals surface area contributed by atoms with Crippen LogP contribution in [-0.4, -0.2) is 20.4 Å². The Morgan fingerprint density at radius 3 is 2.57 bits per heavy atom.